The molecule has 1 amide bonds. The lowest BCUT2D eigenvalue weighted by molar-refractivity contribution is -0.140. The highest BCUT2D eigenvalue weighted by Gasteiger charge is 2.42. The van der Waals surface area contributed by atoms with Gasteiger partial charge in [-0.3, -0.25) is 4.79 Å². The van der Waals surface area contributed by atoms with E-state index in [0.29, 0.717) is 23.4 Å². The number of carbonyl (C=O) groups excluding carboxylic acids is 1. The summed E-state index contributed by atoms with van der Waals surface area (Å²) in [5, 5.41) is 3.42. The lowest BCUT2D eigenvalue weighted by atomic mass is 9.85. The normalized spacial score (nSPS) is 32.3. The van der Waals surface area contributed by atoms with E-state index in [1.807, 2.05) is 0 Å². The summed E-state index contributed by atoms with van der Waals surface area (Å²) in [7, 11) is 0. The highest BCUT2D eigenvalue weighted by atomic mass is 16.2. The van der Waals surface area contributed by atoms with E-state index >= 15 is 0 Å². The van der Waals surface area contributed by atoms with Crippen molar-refractivity contribution >= 4 is 5.91 Å². The van der Waals surface area contributed by atoms with E-state index in [0.717, 1.165) is 19.4 Å². The van der Waals surface area contributed by atoms with Crippen molar-refractivity contribution < 1.29 is 4.79 Å². The molecule has 0 radical (unpaired) electrons. The second-order valence-electron chi connectivity index (χ2n) is 6.94. The molecule has 2 fully saturated rings. The molecule has 3 heteroatoms. The van der Waals surface area contributed by atoms with Crippen LogP contribution >= 0.6 is 0 Å². The second kappa shape index (κ2) is 5.20. The maximum absolute atomic E-state index is 12.6. The van der Waals surface area contributed by atoms with Crippen LogP contribution in [0.1, 0.15) is 59.8 Å². The van der Waals surface area contributed by atoms with Gasteiger partial charge in [-0.1, -0.05) is 34.1 Å². The molecule has 2 unspecified atom stereocenters. The fraction of sp³-hybridized carbons (Fsp3) is 0.933. The number of rotatable bonds is 3. The molecular weight excluding hydrogens is 224 g/mol. The molecule has 0 aromatic heterocycles. The number of nitrogens with one attached hydrogen (secondary N) is 1. The van der Waals surface area contributed by atoms with Crippen LogP contribution in [0.5, 0.6) is 0 Å². The average molecular weight is 252 g/mol. The summed E-state index contributed by atoms with van der Waals surface area (Å²) in [4.78, 5) is 14.8. The van der Waals surface area contributed by atoms with Gasteiger partial charge in [0.15, 0.2) is 0 Å². The van der Waals surface area contributed by atoms with Crippen LogP contribution < -0.4 is 5.32 Å². The van der Waals surface area contributed by atoms with Crippen LogP contribution in [0.2, 0.25) is 0 Å². The molecule has 104 valence electrons. The molecule has 1 N–H and O–H groups in total. The van der Waals surface area contributed by atoms with E-state index in [2.05, 4.69) is 37.9 Å². The number of hydrogen-bond donors (Lipinski definition) is 1. The molecule has 1 aliphatic heterocycles. The number of piperidine rings is 1. The molecule has 0 aromatic carbocycles. The van der Waals surface area contributed by atoms with Crippen LogP contribution in [0.15, 0.2) is 0 Å². The Kier molecular flexibility index (Phi) is 4.00. The van der Waals surface area contributed by atoms with E-state index in [1.54, 1.807) is 0 Å². The van der Waals surface area contributed by atoms with Crippen LogP contribution in [-0.2, 0) is 4.79 Å². The predicted octanol–water partition coefficient (Wildman–Crippen LogP) is 2.55. The summed E-state index contributed by atoms with van der Waals surface area (Å²) in [5.74, 6) is 0.343. The van der Waals surface area contributed by atoms with E-state index in [9.17, 15) is 4.79 Å². The van der Waals surface area contributed by atoms with Gasteiger partial charge in [-0.25, -0.2) is 0 Å². The molecule has 1 saturated carbocycles. The first-order chi connectivity index (χ1) is 8.42. The van der Waals surface area contributed by atoms with Gasteiger partial charge in [0.1, 0.15) is 0 Å². The molecule has 1 aliphatic carbocycles. The molecule has 18 heavy (non-hydrogen) atoms. The quantitative estimate of drug-likeness (QED) is 0.837. The highest BCUT2D eigenvalue weighted by Crippen LogP contribution is 2.41. The lowest BCUT2D eigenvalue weighted by Crippen LogP contribution is -2.57. The third-order valence-corrected chi connectivity index (χ3v) is 4.58. The van der Waals surface area contributed by atoms with Crippen LogP contribution in [0.25, 0.3) is 0 Å². The third kappa shape index (κ3) is 2.71. The topological polar surface area (TPSA) is 32.3 Å². The Balaban J connectivity index is 2.06. The monoisotopic (exact) mass is 252 g/mol. The summed E-state index contributed by atoms with van der Waals surface area (Å²) in [5.41, 5.74) is 0.301. The maximum Gasteiger partial charge on any atom is 0.239 e. The Bertz CT molecular complexity index is 312. The Morgan fingerprint density at radius 3 is 2.56 bits per heavy atom. The molecule has 2 aliphatic rings. The summed E-state index contributed by atoms with van der Waals surface area (Å²) < 4.78 is 0. The number of likely N-dealkylation sites (tertiary alicyclic amines) is 1. The molecule has 0 spiro atoms. The predicted molar refractivity (Wildman–Crippen MR) is 74.4 cm³/mol. The molecule has 0 aromatic rings. The van der Waals surface area contributed by atoms with Gasteiger partial charge in [0, 0.05) is 18.6 Å². The van der Waals surface area contributed by atoms with Gasteiger partial charge in [-0.2, -0.15) is 0 Å². The highest BCUT2D eigenvalue weighted by molar-refractivity contribution is 5.83. The first-order valence-electron chi connectivity index (χ1n) is 7.48. The lowest BCUT2D eigenvalue weighted by Gasteiger charge is -2.42. The van der Waals surface area contributed by atoms with Gasteiger partial charge in [0.05, 0.1) is 6.04 Å². The van der Waals surface area contributed by atoms with Crippen molar-refractivity contribution in [3.05, 3.63) is 0 Å². The molecule has 0 bridgehead atoms. The first-order valence-corrected chi connectivity index (χ1v) is 7.48. The first kappa shape index (κ1) is 13.9. The fourth-order valence-electron chi connectivity index (χ4n) is 3.65. The van der Waals surface area contributed by atoms with Gasteiger partial charge in [0.2, 0.25) is 5.91 Å². The number of amides is 1. The van der Waals surface area contributed by atoms with Crippen LogP contribution in [0, 0.1) is 5.41 Å². The summed E-state index contributed by atoms with van der Waals surface area (Å²) >= 11 is 0. The molecule has 1 saturated heterocycles. The SMILES string of the molecule is CC(C)NC1CCCN(C2CCCC2(C)C)C1=O. The molecule has 1 heterocycles. The maximum atomic E-state index is 12.6. The van der Waals surface area contributed by atoms with Gasteiger partial charge < -0.3 is 10.2 Å². The third-order valence-electron chi connectivity index (χ3n) is 4.58. The van der Waals surface area contributed by atoms with Crippen LogP contribution in [0.4, 0.5) is 0 Å². The summed E-state index contributed by atoms with van der Waals surface area (Å²) in [6.07, 6.45) is 5.85. The van der Waals surface area contributed by atoms with Gasteiger partial charge >= 0.3 is 0 Å². The molecule has 2 atom stereocenters. The van der Waals surface area contributed by atoms with Gasteiger partial charge in [0.25, 0.3) is 0 Å². The van der Waals surface area contributed by atoms with Crippen molar-refractivity contribution in [2.75, 3.05) is 6.54 Å². The number of carbonyl (C=O) groups is 1. The number of nitrogens with zero attached hydrogens (tertiary/aromatic N) is 1. The van der Waals surface area contributed by atoms with Crippen molar-refractivity contribution in [2.24, 2.45) is 5.41 Å². The minimum absolute atomic E-state index is 0.0511. The van der Waals surface area contributed by atoms with Crippen molar-refractivity contribution in [3.63, 3.8) is 0 Å². The average Bonchev–Trinajstić information content (AvgIpc) is 2.61. The fourth-order valence-corrected chi connectivity index (χ4v) is 3.65. The minimum atomic E-state index is 0.0511. The van der Waals surface area contributed by atoms with E-state index in [1.165, 1.54) is 19.3 Å². The van der Waals surface area contributed by atoms with Crippen LogP contribution in [0.3, 0.4) is 0 Å². The Morgan fingerprint density at radius 1 is 1.28 bits per heavy atom. The molecule has 2 rings (SSSR count). The summed E-state index contributed by atoms with van der Waals surface area (Å²) in [6.45, 7) is 9.83. The number of hydrogen-bond acceptors (Lipinski definition) is 2. The van der Waals surface area contributed by atoms with Crippen molar-refractivity contribution in [1.29, 1.82) is 0 Å². The standard InChI is InChI=1S/C15H28N2O/c1-11(2)16-12-7-6-10-17(14(12)18)13-8-5-9-15(13,3)4/h11-13,16H,5-10H2,1-4H3. The van der Waals surface area contributed by atoms with Crippen molar-refractivity contribution in [2.45, 2.75) is 77.9 Å². The van der Waals surface area contributed by atoms with E-state index in [4.69, 9.17) is 0 Å². The van der Waals surface area contributed by atoms with Crippen LogP contribution in [-0.4, -0.2) is 35.5 Å². The van der Waals surface area contributed by atoms with Gasteiger partial charge in [-0.15, -0.1) is 0 Å². The zero-order valence-electron chi connectivity index (χ0n) is 12.3. The Morgan fingerprint density at radius 2 is 2.00 bits per heavy atom. The summed E-state index contributed by atoms with van der Waals surface area (Å²) in [6, 6.07) is 0.896. The molecule has 3 nitrogen and oxygen atoms in total. The van der Waals surface area contributed by atoms with E-state index in [-0.39, 0.29) is 6.04 Å². The Labute approximate surface area is 111 Å². The Hall–Kier alpha value is -0.570. The molecular formula is C15H28N2O. The smallest absolute Gasteiger partial charge is 0.239 e. The van der Waals surface area contributed by atoms with Gasteiger partial charge in [-0.05, 0) is 31.1 Å². The minimum Gasteiger partial charge on any atom is -0.338 e. The second-order valence-corrected chi connectivity index (χ2v) is 6.94. The largest absolute Gasteiger partial charge is 0.338 e. The zero-order valence-corrected chi connectivity index (χ0v) is 12.3. The zero-order chi connectivity index (χ0) is 13.3. The van der Waals surface area contributed by atoms with E-state index < -0.39 is 0 Å². The van der Waals surface area contributed by atoms with Crippen molar-refractivity contribution in [3.8, 4) is 0 Å². The van der Waals surface area contributed by atoms with Crippen molar-refractivity contribution in [1.82, 2.24) is 10.2 Å².